The molecule has 2 rings (SSSR count). The number of hydrogen-bond donors (Lipinski definition) is 5. The van der Waals surface area contributed by atoms with Crippen LogP contribution in [0.25, 0.3) is 0 Å². The summed E-state index contributed by atoms with van der Waals surface area (Å²) in [6.45, 7) is 0. The topological polar surface area (TPSA) is 133 Å². The van der Waals surface area contributed by atoms with Crippen LogP contribution in [-0.2, 0) is 0 Å². The number of hydrogen-bond acceptors (Lipinski definition) is 5. The highest BCUT2D eigenvalue weighted by Crippen LogP contribution is 2.26. The molecule has 0 atom stereocenters. The van der Waals surface area contributed by atoms with Gasteiger partial charge in [-0.1, -0.05) is 0 Å². The molecule has 7 nitrogen and oxygen atoms in total. The van der Waals surface area contributed by atoms with Crippen LogP contribution in [0, 0.1) is 0 Å². The fraction of sp³-hybridized carbons (Fsp3) is 0. The number of aromatic carboxylic acids is 1. The van der Waals surface area contributed by atoms with Crippen molar-refractivity contribution >= 4 is 23.3 Å². The fourth-order valence-corrected chi connectivity index (χ4v) is 1.71. The smallest absolute Gasteiger partial charge is 0.337 e. The molecule has 108 valence electrons. The molecule has 0 aliphatic heterocycles. The molecule has 7 heteroatoms. The van der Waals surface area contributed by atoms with E-state index in [0.29, 0.717) is 5.69 Å². The van der Waals surface area contributed by atoms with Crippen molar-refractivity contribution in [2.45, 2.75) is 0 Å². The average molecular weight is 288 g/mol. The van der Waals surface area contributed by atoms with E-state index in [1.54, 1.807) is 0 Å². The van der Waals surface area contributed by atoms with Gasteiger partial charge in [-0.25, -0.2) is 4.79 Å². The first-order chi connectivity index (χ1) is 9.88. The maximum Gasteiger partial charge on any atom is 0.337 e. The van der Waals surface area contributed by atoms with Gasteiger partial charge >= 0.3 is 5.97 Å². The van der Waals surface area contributed by atoms with Crippen LogP contribution in [-0.4, -0.2) is 27.2 Å². The molecule has 0 spiro atoms. The van der Waals surface area contributed by atoms with Gasteiger partial charge in [-0.15, -0.1) is 0 Å². The third kappa shape index (κ3) is 3.03. The number of amides is 1. The van der Waals surface area contributed by atoms with E-state index in [4.69, 9.17) is 10.8 Å². The van der Waals surface area contributed by atoms with Crippen molar-refractivity contribution in [3.8, 4) is 11.5 Å². The Bertz CT molecular complexity index is 727. The third-order valence-electron chi connectivity index (χ3n) is 2.76. The Morgan fingerprint density at radius 3 is 2.33 bits per heavy atom. The van der Waals surface area contributed by atoms with Crippen molar-refractivity contribution in [2.75, 3.05) is 11.1 Å². The number of carbonyl (C=O) groups is 2. The number of nitrogens with two attached hydrogens (primary N) is 1. The fourth-order valence-electron chi connectivity index (χ4n) is 1.71. The lowest BCUT2D eigenvalue weighted by Crippen LogP contribution is -2.15. The molecule has 0 saturated carbocycles. The molecule has 21 heavy (non-hydrogen) atoms. The highest BCUT2D eigenvalue weighted by molar-refractivity contribution is 6.08. The number of aromatic hydroxyl groups is 2. The van der Waals surface area contributed by atoms with Crippen LogP contribution in [0.4, 0.5) is 11.4 Å². The predicted octanol–water partition coefficient (Wildman–Crippen LogP) is 1.63. The van der Waals surface area contributed by atoms with Crippen LogP contribution in [0.2, 0.25) is 0 Å². The molecule has 0 heterocycles. The maximum absolute atomic E-state index is 12.0. The van der Waals surface area contributed by atoms with Gasteiger partial charge in [-0.3, -0.25) is 4.79 Å². The molecule has 0 bridgehead atoms. The second-order valence-corrected chi connectivity index (χ2v) is 4.27. The van der Waals surface area contributed by atoms with Crippen molar-refractivity contribution in [3.05, 3.63) is 47.5 Å². The van der Waals surface area contributed by atoms with E-state index in [1.807, 2.05) is 0 Å². The van der Waals surface area contributed by atoms with E-state index in [2.05, 4.69) is 5.32 Å². The van der Waals surface area contributed by atoms with Gasteiger partial charge in [-0.2, -0.15) is 0 Å². The normalized spacial score (nSPS) is 10.1. The molecule has 0 fully saturated rings. The molecular formula is C14H12N2O5. The molecule has 2 aromatic rings. The molecule has 0 radical (unpaired) electrons. The Balaban J connectivity index is 2.33. The summed E-state index contributed by atoms with van der Waals surface area (Å²) in [5.74, 6) is -2.66. The molecule has 0 unspecified atom stereocenters. The van der Waals surface area contributed by atoms with Crippen molar-refractivity contribution in [3.63, 3.8) is 0 Å². The van der Waals surface area contributed by atoms with E-state index >= 15 is 0 Å². The van der Waals surface area contributed by atoms with Gasteiger partial charge < -0.3 is 26.4 Å². The predicted molar refractivity (Wildman–Crippen MR) is 75.5 cm³/mol. The standard InChI is InChI=1S/C14H12N2O5/c15-8-2-3-9(14(20)21)10(6-8)16-13(19)7-1-4-11(17)12(18)5-7/h1-6,17-18H,15H2,(H,16,19)(H,20,21). The first-order valence-corrected chi connectivity index (χ1v) is 5.84. The summed E-state index contributed by atoms with van der Waals surface area (Å²) in [6, 6.07) is 7.52. The molecule has 0 aliphatic carbocycles. The summed E-state index contributed by atoms with van der Waals surface area (Å²) < 4.78 is 0. The summed E-state index contributed by atoms with van der Waals surface area (Å²) >= 11 is 0. The Morgan fingerprint density at radius 2 is 1.71 bits per heavy atom. The summed E-state index contributed by atoms with van der Waals surface area (Å²) in [4.78, 5) is 23.1. The van der Waals surface area contributed by atoms with Crippen LogP contribution >= 0.6 is 0 Å². The number of carboxylic acid groups (broad SMARTS) is 1. The molecule has 0 aromatic heterocycles. The van der Waals surface area contributed by atoms with E-state index in [-0.39, 0.29) is 22.6 Å². The Morgan fingerprint density at radius 1 is 1.00 bits per heavy atom. The zero-order valence-corrected chi connectivity index (χ0v) is 10.7. The minimum atomic E-state index is -1.21. The van der Waals surface area contributed by atoms with Crippen molar-refractivity contribution in [1.29, 1.82) is 0 Å². The quantitative estimate of drug-likeness (QED) is 0.430. The number of anilines is 2. The van der Waals surface area contributed by atoms with E-state index in [9.17, 15) is 19.8 Å². The number of phenolic OH excluding ortho intramolecular Hbond substituents is 2. The van der Waals surface area contributed by atoms with E-state index < -0.39 is 17.6 Å². The Labute approximate surface area is 119 Å². The monoisotopic (exact) mass is 288 g/mol. The minimum Gasteiger partial charge on any atom is -0.504 e. The van der Waals surface area contributed by atoms with Crippen LogP contribution in [0.1, 0.15) is 20.7 Å². The molecular weight excluding hydrogens is 276 g/mol. The van der Waals surface area contributed by atoms with Gasteiger partial charge in [0.25, 0.3) is 5.91 Å². The lowest BCUT2D eigenvalue weighted by molar-refractivity contribution is 0.0698. The number of nitrogen functional groups attached to an aromatic ring is 1. The van der Waals surface area contributed by atoms with Gasteiger partial charge in [0.2, 0.25) is 0 Å². The summed E-state index contributed by atoms with van der Waals surface area (Å²) in [7, 11) is 0. The van der Waals surface area contributed by atoms with E-state index in [0.717, 1.165) is 12.1 Å². The largest absolute Gasteiger partial charge is 0.504 e. The Kier molecular flexibility index (Phi) is 3.66. The molecule has 0 aliphatic rings. The second kappa shape index (κ2) is 5.41. The maximum atomic E-state index is 12.0. The zero-order valence-electron chi connectivity index (χ0n) is 10.7. The van der Waals surface area contributed by atoms with Gasteiger partial charge in [-0.05, 0) is 36.4 Å². The van der Waals surface area contributed by atoms with Gasteiger partial charge in [0.15, 0.2) is 11.5 Å². The van der Waals surface area contributed by atoms with Crippen molar-refractivity contribution < 1.29 is 24.9 Å². The lowest BCUT2D eigenvalue weighted by Gasteiger charge is -2.10. The first-order valence-electron chi connectivity index (χ1n) is 5.84. The number of benzene rings is 2. The number of carboxylic acids is 1. The van der Waals surface area contributed by atoms with Gasteiger partial charge in [0, 0.05) is 11.3 Å². The second-order valence-electron chi connectivity index (χ2n) is 4.27. The number of carbonyl (C=O) groups excluding carboxylic acids is 1. The van der Waals surface area contributed by atoms with Gasteiger partial charge in [0.1, 0.15) is 0 Å². The summed E-state index contributed by atoms with van der Waals surface area (Å²) in [6.07, 6.45) is 0. The number of phenols is 2. The third-order valence-corrected chi connectivity index (χ3v) is 2.76. The molecule has 1 amide bonds. The zero-order chi connectivity index (χ0) is 15.6. The SMILES string of the molecule is Nc1ccc(C(=O)O)c(NC(=O)c2ccc(O)c(O)c2)c1. The molecule has 6 N–H and O–H groups in total. The van der Waals surface area contributed by atoms with Gasteiger partial charge in [0.05, 0.1) is 11.3 Å². The number of rotatable bonds is 3. The highest BCUT2D eigenvalue weighted by Gasteiger charge is 2.15. The lowest BCUT2D eigenvalue weighted by atomic mass is 10.1. The van der Waals surface area contributed by atoms with Crippen molar-refractivity contribution in [2.24, 2.45) is 0 Å². The number of nitrogens with one attached hydrogen (secondary N) is 1. The van der Waals surface area contributed by atoms with E-state index in [1.165, 1.54) is 24.3 Å². The van der Waals surface area contributed by atoms with Crippen LogP contribution < -0.4 is 11.1 Å². The van der Waals surface area contributed by atoms with Crippen LogP contribution in [0.5, 0.6) is 11.5 Å². The first kappa shape index (κ1) is 14.2. The van der Waals surface area contributed by atoms with Crippen molar-refractivity contribution in [1.82, 2.24) is 0 Å². The van der Waals surface area contributed by atoms with Crippen LogP contribution in [0.15, 0.2) is 36.4 Å². The van der Waals surface area contributed by atoms with Crippen LogP contribution in [0.3, 0.4) is 0 Å². The average Bonchev–Trinajstić information content (AvgIpc) is 2.41. The molecule has 0 saturated heterocycles. The minimum absolute atomic E-state index is 0.0417. The highest BCUT2D eigenvalue weighted by atomic mass is 16.4. The Hall–Kier alpha value is -3.22. The summed E-state index contributed by atoms with van der Waals surface area (Å²) in [5, 5.41) is 30.0. The summed E-state index contributed by atoms with van der Waals surface area (Å²) in [5.41, 5.74) is 5.85. The molecule has 2 aromatic carbocycles.